The molecule has 0 spiro atoms. The minimum Gasteiger partial charge on any atom is -0.479 e. The number of hydrogen-bond acceptors (Lipinski definition) is 24. The van der Waals surface area contributed by atoms with Crippen LogP contribution >= 0.6 is 0 Å². The van der Waals surface area contributed by atoms with E-state index in [1.807, 2.05) is 0 Å². The number of aliphatic carboxylic acids is 1. The molecule has 3 aromatic carbocycles. The molecule has 9 rings (SSSR count). The number of ketones is 1. The fourth-order valence-corrected chi connectivity index (χ4v) is 16.0. The van der Waals surface area contributed by atoms with Gasteiger partial charge in [0.2, 0.25) is 5.91 Å². The molecule has 3 aliphatic heterocycles. The van der Waals surface area contributed by atoms with Gasteiger partial charge >= 0.3 is 29.8 Å². The smallest absolute Gasteiger partial charge is 0.338 e. The van der Waals surface area contributed by atoms with Crippen LogP contribution < -0.4 is 10.6 Å². The number of rotatable bonds is 20. The van der Waals surface area contributed by atoms with Crippen LogP contribution in [0.15, 0.2) is 102 Å². The maximum Gasteiger partial charge on any atom is 0.338 e. The van der Waals surface area contributed by atoms with Gasteiger partial charge in [0.15, 0.2) is 35.5 Å². The molecule has 8 N–H and O–H groups in total. The van der Waals surface area contributed by atoms with E-state index in [1.54, 1.807) is 66.7 Å². The van der Waals surface area contributed by atoms with E-state index >= 15 is 9.59 Å². The van der Waals surface area contributed by atoms with Gasteiger partial charge in [0, 0.05) is 51.7 Å². The molecule has 2 amide bonds. The largest absolute Gasteiger partial charge is 0.479 e. The van der Waals surface area contributed by atoms with Crippen LogP contribution in [0.25, 0.3) is 0 Å². The fourth-order valence-electron chi connectivity index (χ4n) is 16.0. The van der Waals surface area contributed by atoms with E-state index in [2.05, 4.69) is 10.6 Å². The van der Waals surface area contributed by atoms with Crippen molar-refractivity contribution < 1.29 is 121 Å². The number of benzene rings is 3. The molecule has 3 saturated heterocycles. The number of aliphatic hydroxyl groups excluding tert-OH is 2. The average Bonchev–Trinajstić information content (AvgIpc) is 0.817. The monoisotopic (exact) mass is 1370 g/mol. The molecule has 11 unspecified atom stereocenters. The standard InChI is InChI=1S/C71H92N2O25/c1-37-45(33-71(87)54(94-56(80)44-30-24-19-25-31-44)52-63(9,46(77)32-47-70(52,35-90-47)96-41(5)76)53(78)50(92-40(4)75)48(37)61(71,6)7)93-57(81)51(49(42-26-20-17-21-27-42)72-55(79)43-28-22-18-23-29-43)91-36-89-34-62(8)58(82)66(12,88-16)64(10,73-39(3)74)60(97-62)98-69(15)67(13,59(83)84)95-38(2)65(11,85)68(69,14)86/h17-31,38,45-47,49-52,54,58,60,77,82,85-87H,32-36H2,1-16H3,(H,72,79)(H,73,74)(H,83,84)/t38?,45?,46-,47+,49-,50+,51+,52-,54-,58?,60?,62?,63+,64?,65?,66?,67?,68?,69?,70-,71+/m0/s1. The number of Topliss-reactive ketones (excluding diaryl/α,β-unsaturated/α-hetero) is 1. The molecule has 0 aromatic heterocycles. The molecule has 21 atom stereocenters. The van der Waals surface area contributed by atoms with Crippen molar-refractivity contribution in [2.24, 2.45) is 16.7 Å². The number of ether oxygens (including phenoxy) is 11. The summed E-state index contributed by atoms with van der Waals surface area (Å²) in [4.78, 5) is 115. The van der Waals surface area contributed by atoms with Gasteiger partial charge < -0.3 is 93.4 Å². The van der Waals surface area contributed by atoms with E-state index in [0.717, 1.165) is 34.6 Å². The number of aliphatic hydroxyl groups is 5. The predicted molar refractivity (Wildman–Crippen MR) is 342 cm³/mol. The van der Waals surface area contributed by atoms with Crippen LogP contribution in [0, 0.1) is 16.7 Å². The van der Waals surface area contributed by atoms with Gasteiger partial charge in [-0.15, -0.1) is 0 Å². The highest BCUT2D eigenvalue weighted by atomic mass is 16.7. The summed E-state index contributed by atoms with van der Waals surface area (Å²) in [5.74, 6) is -9.77. The van der Waals surface area contributed by atoms with E-state index in [9.17, 15) is 59.4 Å². The van der Waals surface area contributed by atoms with Gasteiger partial charge in [0.1, 0.15) is 70.4 Å². The van der Waals surface area contributed by atoms with Crippen LogP contribution in [-0.4, -0.2) is 211 Å². The second-order valence-electron chi connectivity index (χ2n) is 28.8. The number of carbonyl (C=O) groups is 8. The number of fused-ring (bicyclic) bond motifs is 5. The molecule has 27 nitrogen and oxygen atoms in total. The molecule has 536 valence electrons. The third-order valence-electron chi connectivity index (χ3n) is 22.8. The van der Waals surface area contributed by atoms with Crippen molar-refractivity contribution in [2.45, 2.75) is 228 Å². The van der Waals surface area contributed by atoms with E-state index in [0.29, 0.717) is 0 Å². The lowest BCUT2D eigenvalue weighted by Gasteiger charge is -2.67. The molecule has 5 fully saturated rings. The molecule has 0 radical (unpaired) electrons. The van der Waals surface area contributed by atoms with Gasteiger partial charge in [-0.1, -0.05) is 80.6 Å². The summed E-state index contributed by atoms with van der Waals surface area (Å²) in [7, 11) is 1.22. The zero-order valence-corrected chi connectivity index (χ0v) is 58.0. The number of carboxylic acid groups (broad SMARTS) is 1. The Morgan fingerprint density at radius 3 is 1.87 bits per heavy atom. The molecule has 2 bridgehead atoms. The summed E-state index contributed by atoms with van der Waals surface area (Å²) in [5.41, 5.74) is -23.9. The molecule has 3 aliphatic carbocycles. The maximum atomic E-state index is 16.1. The predicted octanol–water partition coefficient (Wildman–Crippen LogP) is 4.05. The molecular weight excluding hydrogens is 1280 g/mol. The van der Waals surface area contributed by atoms with Crippen molar-refractivity contribution in [1.29, 1.82) is 0 Å². The van der Waals surface area contributed by atoms with Crippen LogP contribution in [0.4, 0.5) is 0 Å². The third kappa shape index (κ3) is 11.8. The summed E-state index contributed by atoms with van der Waals surface area (Å²) in [5, 5.41) is 80.2. The SMILES string of the molecule is COC1(C)C(O)C(C)(COCO[C@@H](C(=O)OC2C[C@@]3(O)[C@@H](OC(=O)c4ccccc4)[C@@H]4[C@]5(OC(C)=O)CO[C@@H]5C[C@H](O)[C@@]4(C)C(=O)[C@H](OC(C)=O)C(=C2C)C3(C)C)[C@@H](NC(=O)c2ccccc2)c2ccccc2)OC(OC2(C)C(C)(C(=O)O)OC(C)C(C)(O)C2(C)O)C1(C)NC(C)=O. The lowest BCUT2D eigenvalue weighted by molar-refractivity contribution is -0.430. The topological polar surface area (TPSA) is 384 Å². The Labute approximate surface area is 568 Å². The first-order chi connectivity index (χ1) is 45.5. The van der Waals surface area contributed by atoms with Gasteiger partial charge in [-0.2, -0.15) is 0 Å². The van der Waals surface area contributed by atoms with E-state index in [-0.39, 0.29) is 34.3 Å². The normalized spacial score (nSPS) is 39.3. The number of carboxylic acids is 1. The van der Waals surface area contributed by atoms with Gasteiger partial charge in [-0.05, 0) is 110 Å². The minimum atomic E-state index is -2.57. The molecule has 98 heavy (non-hydrogen) atoms. The first-order valence-electron chi connectivity index (χ1n) is 32.4. The first kappa shape index (κ1) is 75.1. The Balaban J connectivity index is 1.15. The number of esters is 4. The quantitative estimate of drug-likeness (QED) is 0.0260. The van der Waals surface area contributed by atoms with Crippen molar-refractivity contribution in [1.82, 2.24) is 10.6 Å². The number of methoxy groups -OCH3 is 1. The molecule has 3 heterocycles. The van der Waals surface area contributed by atoms with Gasteiger partial charge in [-0.25, -0.2) is 14.4 Å². The van der Waals surface area contributed by atoms with Crippen molar-refractivity contribution in [3.05, 3.63) is 119 Å². The Morgan fingerprint density at radius 1 is 0.755 bits per heavy atom. The summed E-state index contributed by atoms with van der Waals surface area (Å²) in [6, 6.07) is 22.2. The van der Waals surface area contributed by atoms with Gasteiger partial charge in [0.25, 0.3) is 5.91 Å². The third-order valence-corrected chi connectivity index (χ3v) is 22.8. The lowest BCUT2D eigenvalue weighted by Crippen LogP contribution is -2.86. The summed E-state index contributed by atoms with van der Waals surface area (Å²) in [6.45, 7) is 17.4. The number of nitrogens with one attached hydrogen (secondary N) is 2. The highest BCUT2D eigenvalue weighted by molar-refractivity contribution is 5.96. The van der Waals surface area contributed by atoms with Crippen LogP contribution in [0.5, 0.6) is 0 Å². The van der Waals surface area contributed by atoms with Gasteiger partial charge in [-0.3, -0.25) is 24.0 Å². The number of amides is 2. The Morgan fingerprint density at radius 2 is 1.34 bits per heavy atom. The highest BCUT2D eigenvalue weighted by Crippen LogP contribution is 2.65. The number of carbonyl (C=O) groups excluding carboxylic acids is 7. The maximum absolute atomic E-state index is 16.1. The second-order valence-corrected chi connectivity index (χ2v) is 28.8. The lowest BCUT2D eigenvalue weighted by atomic mass is 9.44. The Bertz CT molecular complexity index is 3610. The van der Waals surface area contributed by atoms with E-state index in [4.69, 9.17) is 52.1 Å². The first-order valence-corrected chi connectivity index (χ1v) is 32.4. The van der Waals surface area contributed by atoms with Crippen LogP contribution in [0.2, 0.25) is 0 Å². The van der Waals surface area contributed by atoms with Crippen molar-refractivity contribution in [2.75, 3.05) is 27.1 Å². The second kappa shape index (κ2) is 26.4. The molecule has 6 aliphatic rings. The zero-order valence-electron chi connectivity index (χ0n) is 58.0. The van der Waals surface area contributed by atoms with E-state index in [1.165, 1.54) is 101 Å². The molecular formula is C71H92N2O25. The van der Waals surface area contributed by atoms with Crippen molar-refractivity contribution >= 4 is 47.4 Å². The summed E-state index contributed by atoms with van der Waals surface area (Å²) >= 11 is 0. The van der Waals surface area contributed by atoms with Gasteiger partial charge in [0.05, 0.1) is 48.4 Å². The Kier molecular flexibility index (Phi) is 20.3. The zero-order chi connectivity index (χ0) is 72.7. The van der Waals surface area contributed by atoms with Crippen LogP contribution in [0.1, 0.15) is 149 Å². The molecule has 27 heteroatoms. The molecule has 2 saturated carbocycles. The summed E-state index contributed by atoms with van der Waals surface area (Å²) < 4.78 is 69.6. The van der Waals surface area contributed by atoms with Crippen molar-refractivity contribution in [3.8, 4) is 0 Å². The minimum absolute atomic E-state index is 0.00672. The van der Waals surface area contributed by atoms with E-state index < -0.39 is 202 Å². The van der Waals surface area contributed by atoms with Crippen LogP contribution in [-0.2, 0) is 80.9 Å². The van der Waals surface area contributed by atoms with Crippen LogP contribution in [0.3, 0.4) is 0 Å². The highest BCUT2D eigenvalue weighted by Gasteiger charge is 2.80. The van der Waals surface area contributed by atoms with Crippen molar-refractivity contribution in [3.63, 3.8) is 0 Å². The number of hydrogen-bond donors (Lipinski definition) is 8. The molecule has 3 aromatic rings. The fraction of sp³-hybridized carbons (Fsp3) is 0.606. The Hall–Kier alpha value is -7.12. The summed E-state index contributed by atoms with van der Waals surface area (Å²) in [6.07, 6.45) is -16.5. The average molecular weight is 1370 g/mol.